The fourth-order valence-corrected chi connectivity index (χ4v) is 3.64. The molecule has 0 aromatic heterocycles. The third-order valence-corrected chi connectivity index (χ3v) is 4.63. The van der Waals surface area contributed by atoms with Crippen LogP contribution in [0.3, 0.4) is 0 Å². The van der Waals surface area contributed by atoms with Crippen LogP contribution in [-0.4, -0.2) is 11.8 Å². The van der Waals surface area contributed by atoms with Gasteiger partial charge in [-0.05, 0) is 53.6 Å². The molecule has 0 radical (unpaired) electrons. The van der Waals surface area contributed by atoms with Crippen LogP contribution in [0.15, 0.2) is 30.4 Å². The predicted octanol–water partition coefficient (Wildman–Crippen LogP) is 3.40. The number of allylic oxidation sites excluding steroid dienone is 2. The van der Waals surface area contributed by atoms with Crippen molar-refractivity contribution in [1.29, 1.82) is 0 Å². The molecule has 2 amide bonds. The number of carbonyl (C=O) groups is 2. The second kappa shape index (κ2) is 4.90. The number of carbonyl (C=O) groups excluding carboxylic acids is 2. The molecule has 2 atom stereocenters. The van der Waals surface area contributed by atoms with E-state index < -0.39 is 0 Å². The summed E-state index contributed by atoms with van der Waals surface area (Å²) in [6.07, 6.45) is 5.25. The molecular formula is C14H11ClINO2. The Labute approximate surface area is 129 Å². The Morgan fingerprint density at radius 2 is 1.68 bits per heavy atom. The van der Waals surface area contributed by atoms with E-state index in [9.17, 15) is 9.59 Å². The van der Waals surface area contributed by atoms with Gasteiger partial charge >= 0.3 is 0 Å². The normalized spacial score (nSPS) is 25.9. The Morgan fingerprint density at radius 3 is 2.21 bits per heavy atom. The highest BCUT2D eigenvalue weighted by Crippen LogP contribution is 2.40. The van der Waals surface area contributed by atoms with Crippen molar-refractivity contribution >= 4 is 51.7 Å². The maximum Gasteiger partial charge on any atom is 0.238 e. The summed E-state index contributed by atoms with van der Waals surface area (Å²) in [6, 6.07) is 5.35. The van der Waals surface area contributed by atoms with Gasteiger partial charge in [0.25, 0.3) is 0 Å². The first-order valence-electron chi connectivity index (χ1n) is 6.07. The number of amides is 2. The molecule has 1 aromatic carbocycles. The molecule has 0 spiro atoms. The Balaban J connectivity index is 2.02. The zero-order valence-electron chi connectivity index (χ0n) is 9.98. The summed E-state index contributed by atoms with van der Waals surface area (Å²) in [5, 5.41) is 0.445. The molecule has 98 valence electrons. The fourth-order valence-electron chi connectivity index (χ4n) is 2.70. The number of imide groups is 1. The largest absolute Gasteiger partial charge is 0.274 e. The van der Waals surface area contributed by atoms with E-state index in [-0.39, 0.29) is 23.7 Å². The molecule has 0 unspecified atom stereocenters. The molecule has 1 heterocycles. The summed E-state index contributed by atoms with van der Waals surface area (Å²) in [5.74, 6) is -0.675. The van der Waals surface area contributed by atoms with Crippen LogP contribution >= 0.6 is 34.2 Å². The van der Waals surface area contributed by atoms with Crippen LogP contribution in [-0.2, 0) is 9.59 Å². The summed E-state index contributed by atoms with van der Waals surface area (Å²) in [5.41, 5.74) is 0.506. The first kappa shape index (κ1) is 13.1. The summed E-state index contributed by atoms with van der Waals surface area (Å²) >= 11 is 8.32. The third kappa shape index (κ3) is 2.10. The molecule has 0 N–H and O–H groups in total. The van der Waals surface area contributed by atoms with Gasteiger partial charge < -0.3 is 0 Å². The topological polar surface area (TPSA) is 37.4 Å². The highest BCUT2D eigenvalue weighted by molar-refractivity contribution is 14.1. The molecule has 5 heteroatoms. The van der Waals surface area contributed by atoms with Crippen LogP contribution < -0.4 is 4.90 Å². The van der Waals surface area contributed by atoms with Gasteiger partial charge in [0.05, 0.1) is 22.5 Å². The Morgan fingerprint density at radius 1 is 1.11 bits per heavy atom. The van der Waals surface area contributed by atoms with Gasteiger partial charge in [-0.3, -0.25) is 9.59 Å². The molecule has 1 aliphatic carbocycles. The number of hydrogen-bond acceptors (Lipinski definition) is 2. The zero-order chi connectivity index (χ0) is 13.6. The lowest BCUT2D eigenvalue weighted by atomic mass is 9.85. The van der Waals surface area contributed by atoms with Gasteiger partial charge in [-0.15, -0.1) is 0 Å². The molecule has 1 aromatic rings. The number of hydrogen-bond donors (Lipinski definition) is 0. The van der Waals surface area contributed by atoms with Crippen LogP contribution in [0.5, 0.6) is 0 Å². The molecule has 1 aliphatic heterocycles. The molecule has 1 fully saturated rings. The molecule has 0 bridgehead atoms. The van der Waals surface area contributed by atoms with Crippen molar-refractivity contribution in [3.05, 3.63) is 38.9 Å². The lowest BCUT2D eigenvalue weighted by Gasteiger charge is -2.16. The highest BCUT2D eigenvalue weighted by atomic mass is 127. The second-order valence-electron chi connectivity index (χ2n) is 4.76. The predicted molar refractivity (Wildman–Crippen MR) is 82.0 cm³/mol. The number of benzene rings is 1. The van der Waals surface area contributed by atoms with Crippen molar-refractivity contribution in [3.8, 4) is 0 Å². The van der Waals surface area contributed by atoms with Gasteiger partial charge in [0.15, 0.2) is 0 Å². The lowest BCUT2D eigenvalue weighted by molar-refractivity contribution is -0.122. The highest BCUT2D eigenvalue weighted by Gasteiger charge is 2.48. The van der Waals surface area contributed by atoms with Crippen molar-refractivity contribution in [3.63, 3.8) is 0 Å². The fraction of sp³-hybridized carbons (Fsp3) is 0.286. The van der Waals surface area contributed by atoms with E-state index in [1.807, 2.05) is 18.2 Å². The van der Waals surface area contributed by atoms with E-state index in [1.54, 1.807) is 12.1 Å². The molecule has 3 rings (SSSR count). The maximum atomic E-state index is 12.4. The van der Waals surface area contributed by atoms with Crippen molar-refractivity contribution in [2.45, 2.75) is 12.8 Å². The van der Waals surface area contributed by atoms with Crippen LogP contribution in [0.4, 0.5) is 5.69 Å². The SMILES string of the molecule is O=C1[C@H]2CC=CC[C@H]2C(=O)N1c1ccc(I)cc1Cl. The van der Waals surface area contributed by atoms with E-state index in [0.29, 0.717) is 23.6 Å². The van der Waals surface area contributed by atoms with Gasteiger partial charge in [0.1, 0.15) is 0 Å². The van der Waals surface area contributed by atoms with E-state index in [4.69, 9.17) is 11.6 Å². The van der Waals surface area contributed by atoms with Crippen molar-refractivity contribution in [2.24, 2.45) is 11.8 Å². The molecule has 2 aliphatic rings. The maximum absolute atomic E-state index is 12.4. The van der Waals surface area contributed by atoms with E-state index >= 15 is 0 Å². The minimum Gasteiger partial charge on any atom is -0.274 e. The van der Waals surface area contributed by atoms with Gasteiger partial charge in [-0.1, -0.05) is 23.8 Å². The summed E-state index contributed by atoms with van der Waals surface area (Å²) in [7, 11) is 0. The van der Waals surface area contributed by atoms with Crippen LogP contribution in [0.2, 0.25) is 5.02 Å². The summed E-state index contributed by atoms with van der Waals surface area (Å²) < 4.78 is 0.976. The quantitative estimate of drug-likeness (QED) is 0.421. The number of anilines is 1. The Hall–Kier alpha value is -0.880. The van der Waals surface area contributed by atoms with E-state index in [0.717, 1.165) is 3.57 Å². The first-order valence-corrected chi connectivity index (χ1v) is 7.53. The monoisotopic (exact) mass is 387 g/mol. The number of fused-ring (bicyclic) bond motifs is 1. The molecule has 1 saturated heterocycles. The van der Waals surface area contributed by atoms with Crippen molar-refractivity contribution in [2.75, 3.05) is 4.90 Å². The smallest absolute Gasteiger partial charge is 0.238 e. The van der Waals surface area contributed by atoms with Crippen LogP contribution in [0.1, 0.15) is 12.8 Å². The van der Waals surface area contributed by atoms with Gasteiger partial charge in [0, 0.05) is 3.57 Å². The van der Waals surface area contributed by atoms with Crippen molar-refractivity contribution in [1.82, 2.24) is 0 Å². The second-order valence-corrected chi connectivity index (χ2v) is 6.42. The molecular weight excluding hydrogens is 377 g/mol. The zero-order valence-corrected chi connectivity index (χ0v) is 12.9. The molecule has 0 saturated carbocycles. The number of rotatable bonds is 1. The number of nitrogens with zero attached hydrogens (tertiary/aromatic N) is 1. The Bertz CT molecular complexity index is 573. The van der Waals surface area contributed by atoms with E-state index in [2.05, 4.69) is 22.6 Å². The number of halogens is 2. The third-order valence-electron chi connectivity index (χ3n) is 3.66. The lowest BCUT2D eigenvalue weighted by Crippen LogP contribution is -2.31. The standard InChI is InChI=1S/C14H11ClINO2/c15-11-7-8(16)5-6-12(11)17-13(18)9-3-1-2-4-10(9)14(17)19/h1-2,5-7,9-10H,3-4H2/t9-,10+. The van der Waals surface area contributed by atoms with Gasteiger partial charge in [0.2, 0.25) is 11.8 Å². The first-order chi connectivity index (χ1) is 9.09. The minimum absolute atomic E-state index is 0.123. The van der Waals surface area contributed by atoms with Crippen LogP contribution in [0.25, 0.3) is 0 Å². The van der Waals surface area contributed by atoms with Gasteiger partial charge in [-0.25, -0.2) is 4.90 Å². The van der Waals surface area contributed by atoms with E-state index in [1.165, 1.54) is 4.90 Å². The summed E-state index contributed by atoms with van der Waals surface area (Å²) in [4.78, 5) is 26.1. The van der Waals surface area contributed by atoms with Gasteiger partial charge in [-0.2, -0.15) is 0 Å². The van der Waals surface area contributed by atoms with Crippen molar-refractivity contribution < 1.29 is 9.59 Å². The Kier molecular flexibility index (Phi) is 3.39. The average molecular weight is 388 g/mol. The molecule has 19 heavy (non-hydrogen) atoms. The molecule has 3 nitrogen and oxygen atoms in total. The summed E-state index contributed by atoms with van der Waals surface area (Å²) in [6.45, 7) is 0. The minimum atomic E-state index is -0.215. The average Bonchev–Trinajstić information content (AvgIpc) is 2.64. The van der Waals surface area contributed by atoms with Crippen LogP contribution in [0, 0.1) is 15.4 Å².